The fourth-order valence-electron chi connectivity index (χ4n) is 1.22. The summed E-state index contributed by atoms with van der Waals surface area (Å²) in [6.07, 6.45) is 0.263. The number of hydrogen-bond acceptors (Lipinski definition) is 3. The molecule has 0 aliphatic rings. The number of nitrogens with two attached hydrogens (primary N) is 1. The minimum absolute atomic E-state index is 0.0218. The van der Waals surface area contributed by atoms with Gasteiger partial charge < -0.3 is 15.6 Å². The third kappa shape index (κ3) is 3.86. The van der Waals surface area contributed by atoms with Gasteiger partial charge in [0.2, 0.25) is 0 Å². The zero-order chi connectivity index (χ0) is 12.0. The average molecular weight is 227 g/mol. The van der Waals surface area contributed by atoms with Crippen LogP contribution in [-0.4, -0.2) is 30.4 Å². The first-order valence-electron chi connectivity index (χ1n) is 4.89. The predicted octanol–water partition coefficient (Wildman–Crippen LogP) is 0.989. The number of aliphatic carboxylic acids is 1. The van der Waals surface area contributed by atoms with Gasteiger partial charge in [-0.2, -0.15) is 0 Å². The van der Waals surface area contributed by atoms with Gasteiger partial charge in [0.05, 0.1) is 0 Å². The number of ether oxygens (including phenoxy) is 1. The largest absolute Gasteiger partial charge is 0.491 e. The molecule has 0 aromatic heterocycles. The fourth-order valence-corrected chi connectivity index (χ4v) is 1.22. The Morgan fingerprint density at radius 2 is 2.06 bits per heavy atom. The predicted molar refractivity (Wildman–Crippen MR) is 57.2 cm³/mol. The van der Waals surface area contributed by atoms with Crippen molar-refractivity contribution in [2.75, 3.05) is 13.3 Å². The highest BCUT2D eigenvalue weighted by atomic mass is 19.1. The lowest BCUT2D eigenvalue weighted by atomic mass is 10.1. The number of carbonyl (C=O) groups is 1. The molecule has 0 saturated carbocycles. The lowest BCUT2D eigenvalue weighted by Gasteiger charge is -2.07. The summed E-state index contributed by atoms with van der Waals surface area (Å²) in [7, 11) is 0. The van der Waals surface area contributed by atoms with Crippen molar-refractivity contribution < 1.29 is 19.0 Å². The maximum atomic E-state index is 11.8. The lowest BCUT2D eigenvalue weighted by molar-refractivity contribution is -0.138. The van der Waals surface area contributed by atoms with Gasteiger partial charge in [0.15, 0.2) is 0 Å². The molecule has 16 heavy (non-hydrogen) atoms. The molecule has 0 aliphatic carbocycles. The molecule has 0 spiro atoms. The summed E-state index contributed by atoms with van der Waals surface area (Å²) in [6, 6.07) is 5.86. The topological polar surface area (TPSA) is 72.5 Å². The standard InChI is InChI=1S/C11H14FNO3/c12-5-6-16-9-3-1-8(2-4-9)7-10(13)11(14)15/h1-4,10H,5-7,13H2,(H,14,15)/t10-/m0/s1. The van der Waals surface area contributed by atoms with E-state index in [0.717, 1.165) is 5.56 Å². The van der Waals surface area contributed by atoms with Crippen LogP contribution in [0.25, 0.3) is 0 Å². The first-order valence-corrected chi connectivity index (χ1v) is 4.89. The molecular formula is C11H14FNO3. The highest BCUT2D eigenvalue weighted by molar-refractivity contribution is 5.73. The van der Waals surface area contributed by atoms with E-state index in [1.807, 2.05) is 0 Å². The summed E-state index contributed by atoms with van der Waals surface area (Å²) in [6.45, 7) is -0.514. The van der Waals surface area contributed by atoms with E-state index < -0.39 is 18.7 Å². The molecule has 1 atom stereocenters. The number of carboxylic acids is 1. The minimum Gasteiger partial charge on any atom is -0.491 e. The van der Waals surface area contributed by atoms with Crippen molar-refractivity contribution in [3.05, 3.63) is 29.8 Å². The summed E-state index contributed by atoms with van der Waals surface area (Å²) in [5, 5.41) is 8.62. The van der Waals surface area contributed by atoms with Gasteiger partial charge in [-0.15, -0.1) is 0 Å². The van der Waals surface area contributed by atoms with Crippen LogP contribution in [0.3, 0.4) is 0 Å². The minimum atomic E-state index is -1.03. The second-order valence-electron chi connectivity index (χ2n) is 3.33. The second-order valence-corrected chi connectivity index (χ2v) is 3.33. The Morgan fingerprint density at radius 1 is 1.44 bits per heavy atom. The molecule has 0 unspecified atom stereocenters. The maximum absolute atomic E-state index is 11.8. The molecule has 0 fully saturated rings. The Kier molecular flexibility index (Phi) is 4.72. The number of carboxylic acid groups (broad SMARTS) is 1. The van der Waals surface area contributed by atoms with Crippen molar-refractivity contribution in [3.63, 3.8) is 0 Å². The van der Waals surface area contributed by atoms with Crippen LogP contribution < -0.4 is 10.5 Å². The number of benzene rings is 1. The van der Waals surface area contributed by atoms with Gasteiger partial charge in [-0.3, -0.25) is 4.79 Å². The van der Waals surface area contributed by atoms with Crippen LogP contribution in [0, 0.1) is 0 Å². The lowest BCUT2D eigenvalue weighted by Crippen LogP contribution is -2.32. The molecule has 0 bridgehead atoms. The molecule has 1 aromatic rings. The Balaban J connectivity index is 2.54. The zero-order valence-electron chi connectivity index (χ0n) is 8.73. The quantitative estimate of drug-likeness (QED) is 0.760. The van der Waals surface area contributed by atoms with Crippen LogP contribution in [0.1, 0.15) is 5.56 Å². The average Bonchev–Trinajstić information content (AvgIpc) is 2.28. The fraction of sp³-hybridized carbons (Fsp3) is 0.364. The Hall–Kier alpha value is -1.62. The molecule has 0 radical (unpaired) electrons. The van der Waals surface area contributed by atoms with Crippen LogP contribution in [0.5, 0.6) is 5.75 Å². The Morgan fingerprint density at radius 3 is 2.56 bits per heavy atom. The summed E-state index contributed by atoms with van der Waals surface area (Å²) in [4.78, 5) is 10.5. The van der Waals surface area contributed by atoms with Crippen LogP contribution in [0.4, 0.5) is 4.39 Å². The highest BCUT2D eigenvalue weighted by Gasteiger charge is 2.11. The summed E-state index contributed by atoms with van der Waals surface area (Å²) >= 11 is 0. The van der Waals surface area contributed by atoms with E-state index >= 15 is 0 Å². The molecule has 1 rings (SSSR count). The van der Waals surface area contributed by atoms with Gasteiger partial charge in [-0.05, 0) is 24.1 Å². The number of halogens is 1. The normalized spacial score (nSPS) is 12.1. The van der Waals surface area contributed by atoms with E-state index in [9.17, 15) is 9.18 Å². The molecule has 0 aliphatic heterocycles. The van der Waals surface area contributed by atoms with Crippen molar-refractivity contribution in [3.8, 4) is 5.75 Å². The zero-order valence-corrected chi connectivity index (χ0v) is 8.73. The molecule has 1 aromatic carbocycles. The van der Waals surface area contributed by atoms with Crippen LogP contribution in [-0.2, 0) is 11.2 Å². The monoisotopic (exact) mass is 227 g/mol. The van der Waals surface area contributed by atoms with E-state index in [1.54, 1.807) is 24.3 Å². The van der Waals surface area contributed by atoms with Crippen molar-refractivity contribution in [2.24, 2.45) is 5.73 Å². The van der Waals surface area contributed by atoms with Crippen LogP contribution in [0.15, 0.2) is 24.3 Å². The molecule has 0 saturated heterocycles. The number of rotatable bonds is 6. The third-order valence-corrected chi connectivity index (χ3v) is 2.04. The molecular weight excluding hydrogens is 213 g/mol. The van der Waals surface area contributed by atoms with E-state index in [-0.39, 0.29) is 13.0 Å². The third-order valence-electron chi connectivity index (χ3n) is 2.04. The van der Waals surface area contributed by atoms with Crippen molar-refractivity contribution >= 4 is 5.97 Å². The van der Waals surface area contributed by atoms with Crippen molar-refractivity contribution in [1.82, 2.24) is 0 Å². The molecule has 5 heteroatoms. The van der Waals surface area contributed by atoms with Gasteiger partial charge in [0, 0.05) is 0 Å². The van der Waals surface area contributed by atoms with Gasteiger partial charge in [0.1, 0.15) is 25.1 Å². The van der Waals surface area contributed by atoms with Crippen LogP contribution in [0.2, 0.25) is 0 Å². The summed E-state index contributed by atoms with van der Waals surface area (Å²) < 4.78 is 16.9. The summed E-state index contributed by atoms with van der Waals surface area (Å²) in [5.41, 5.74) is 6.19. The first kappa shape index (κ1) is 12.4. The SMILES string of the molecule is N[C@@H](Cc1ccc(OCCF)cc1)C(=O)O. The van der Waals surface area contributed by atoms with Crippen molar-refractivity contribution in [1.29, 1.82) is 0 Å². The van der Waals surface area contributed by atoms with Gasteiger partial charge >= 0.3 is 5.97 Å². The smallest absolute Gasteiger partial charge is 0.320 e. The van der Waals surface area contributed by atoms with E-state index in [4.69, 9.17) is 15.6 Å². The van der Waals surface area contributed by atoms with Gasteiger partial charge in [0.25, 0.3) is 0 Å². The number of hydrogen-bond donors (Lipinski definition) is 2. The summed E-state index contributed by atoms with van der Waals surface area (Å²) in [5.74, 6) is -0.469. The van der Waals surface area contributed by atoms with Gasteiger partial charge in [-0.1, -0.05) is 12.1 Å². The first-order chi connectivity index (χ1) is 7.63. The molecule has 0 heterocycles. The molecule has 88 valence electrons. The number of alkyl halides is 1. The second kappa shape index (κ2) is 6.07. The van der Waals surface area contributed by atoms with E-state index in [1.165, 1.54) is 0 Å². The van der Waals surface area contributed by atoms with Crippen molar-refractivity contribution in [2.45, 2.75) is 12.5 Å². The Labute approximate surface area is 92.8 Å². The van der Waals surface area contributed by atoms with Gasteiger partial charge in [-0.25, -0.2) is 4.39 Å². The van der Waals surface area contributed by atoms with E-state index in [2.05, 4.69) is 0 Å². The highest BCUT2D eigenvalue weighted by Crippen LogP contribution is 2.13. The molecule has 4 nitrogen and oxygen atoms in total. The van der Waals surface area contributed by atoms with Crippen LogP contribution >= 0.6 is 0 Å². The van der Waals surface area contributed by atoms with E-state index in [0.29, 0.717) is 5.75 Å². The Bertz CT molecular complexity index is 340. The maximum Gasteiger partial charge on any atom is 0.320 e. The molecule has 3 N–H and O–H groups in total. The molecule has 0 amide bonds.